The van der Waals surface area contributed by atoms with E-state index in [4.69, 9.17) is 14.8 Å². The van der Waals surface area contributed by atoms with Gasteiger partial charge in [-0.05, 0) is 49.4 Å². The SMILES string of the molecule is Cc1cc(-c2nc3cc(CNCC(=O)O)ccc3n2CC2CCOCC2)c[nH]c1=O. The standard InChI is InChI=1S/C22H26N4O4/c1-14-8-17(11-24-22(14)29)21-25-18-9-16(10-23-12-20(27)28)2-3-19(18)26(21)13-15-4-6-30-7-5-15/h2-3,8-9,11,15,23H,4-7,10,12-13H2,1H3,(H,24,29)(H,27,28). The second-order valence-electron chi connectivity index (χ2n) is 7.82. The van der Waals surface area contributed by atoms with Crippen LogP contribution in [-0.4, -0.2) is 45.4 Å². The Morgan fingerprint density at radius 3 is 2.87 bits per heavy atom. The number of fused-ring (bicyclic) bond motifs is 1. The first-order valence-electron chi connectivity index (χ1n) is 10.2. The van der Waals surface area contributed by atoms with E-state index in [1.165, 1.54) is 0 Å². The number of aromatic amines is 1. The molecule has 0 amide bonds. The number of hydrogen-bond acceptors (Lipinski definition) is 5. The lowest BCUT2D eigenvalue weighted by Gasteiger charge is -2.23. The number of aliphatic carboxylic acids is 1. The van der Waals surface area contributed by atoms with Gasteiger partial charge in [-0.1, -0.05) is 6.07 Å². The topological polar surface area (TPSA) is 109 Å². The second-order valence-corrected chi connectivity index (χ2v) is 7.82. The number of aromatic nitrogens is 3. The molecule has 0 saturated carbocycles. The fourth-order valence-electron chi connectivity index (χ4n) is 3.92. The molecule has 8 nitrogen and oxygen atoms in total. The lowest BCUT2D eigenvalue weighted by atomic mass is 10.00. The van der Waals surface area contributed by atoms with Gasteiger partial charge in [0.05, 0.1) is 17.6 Å². The third-order valence-corrected chi connectivity index (χ3v) is 5.55. The van der Waals surface area contributed by atoms with Crippen molar-refractivity contribution in [2.45, 2.75) is 32.9 Å². The number of pyridine rings is 1. The molecule has 0 aliphatic carbocycles. The Balaban J connectivity index is 1.72. The normalized spacial score (nSPS) is 15.0. The molecule has 3 N–H and O–H groups in total. The molecule has 1 fully saturated rings. The van der Waals surface area contributed by atoms with Crippen LogP contribution >= 0.6 is 0 Å². The van der Waals surface area contributed by atoms with Crippen LogP contribution in [0.2, 0.25) is 0 Å². The fourth-order valence-corrected chi connectivity index (χ4v) is 3.92. The van der Waals surface area contributed by atoms with Gasteiger partial charge in [-0.25, -0.2) is 4.98 Å². The van der Waals surface area contributed by atoms with E-state index in [-0.39, 0.29) is 12.1 Å². The molecule has 4 rings (SSSR count). The van der Waals surface area contributed by atoms with Gasteiger partial charge in [-0.15, -0.1) is 0 Å². The molecule has 0 radical (unpaired) electrons. The van der Waals surface area contributed by atoms with E-state index in [0.29, 0.717) is 18.0 Å². The molecule has 2 aromatic heterocycles. The van der Waals surface area contributed by atoms with Gasteiger partial charge in [0.25, 0.3) is 5.56 Å². The van der Waals surface area contributed by atoms with E-state index in [1.54, 1.807) is 13.1 Å². The third kappa shape index (κ3) is 4.44. The molecule has 3 aromatic rings. The highest BCUT2D eigenvalue weighted by Gasteiger charge is 2.20. The molecule has 1 aliphatic rings. The summed E-state index contributed by atoms with van der Waals surface area (Å²) in [5.74, 6) is 0.453. The van der Waals surface area contributed by atoms with E-state index in [1.807, 2.05) is 24.3 Å². The number of carbonyl (C=O) groups is 1. The number of nitrogens with zero attached hydrogens (tertiary/aromatic N) is 2. The van der Waals surface area contributed by atoms with Crippen LogP contribution in [0.1, 0.15) is 24.0 Å². The van der Waals surface area contributed by atoms with Crippen LogP contribution in [0.25, 0.3) is 22.4 Å². The van der Waals surface area contributed by atoms with Crippen molar-refractivity contribution >= 4 is 17.0 Å². The summed E-state index contributed by atoms with van der Waals surface area (Å²) in [6, 6.07) is 7.91. The zero-order chi connectivity index (χ0) is 21.1. The third-order valence-electron chi connectivity index (χ3n) is 5.55. The van der Waals surface area contributed by atoms with Crippen molar-refractivity contribution in [1.29, 1.82) is 0 Å². The molecule has 1 saturated heterocycles. The van der Waals surface area contributed by atoms with Gasteiger partial charge in [-0.3, -0.25) is 9.59 Å². The van der Waals surface area contributed by atoms with E-state index in [2.05, 4.69) is 14.9 Å². The lowest BCUT2D eigenvalue weighted by molar-refractivity contribution is -0.135. The summed E-state index contributed by atoms with van der Waals surface area (Å²) in [7, 11) is 0. The Morgan fingerprint density at radius 2 is 2.13 bits per heavy atom. The number of H-pyrrole nitrogens is 1. The van der Waals surface area contributed by atoms with Crippen molar-refractivity contribution in [3.8, 4) is 11.4 Å². The number of imidazole rings is 1. The van der Waals surface area contributed by atoms with Crippen molar-refractivity contribution in [2.75, 3.05) is 19.8 Å². The molecular formula is C22H26N4O4. The van der Waals surface area contributed by atoms with E-state index in [9.17, 15) is 9.59 Å². The molecule has 0 unspecified atom stereocenters. The van der Waals surface area contributed by atoms with Crippen molar-refractivity contribution in [1.82, 2.24) is 19.9 Å². The lowest BCUT2D eigenvalue weighted by Crippen LogP contribution is -2.21. The average Bonchev–Trinajstić information content (AvgIpc) is 3.08. The maximum Gasteiger partial charge on any atom is 0.317 e. The summed E-state index contributed by atoms with van der Waals surface area (Å²) in [6.07, 6.45) is 3.74. The largest absolute Gasteiger partial charge is 0.480 e. The first-order chi connectivity index (χ1) is 14.5. The molecule has 30 heavy (non-hydrogen) atoms. The Labute approximate surface area is 173 Å². The van der Waals surface area contributed by atoms with Crippen LogP contribution < -0.4 is 10.9 Å². The number of nitrogens with one attached hydrogen (secondary N) is 2. The van der Waals surface area contributed by atoms with Crippen LogP contribution in [0.3, 0.4) is 0 Å². The molecule has 3 heterocycles. The summed E-state index contributed by atoms with van der Waals surface area (Å²) in [5, 5.41) is 11.7. The van der Waals surface area contributed by atoms with Crippen molar-refractivity contribution in [3.63, 3.8) is 0 Å². The highest BCUT2D eigenvalue weighted by molar-refractivity contribution is 5.81. The Kier molecular flexibility index (Phi) is 5.96. The van der Waals surface area contributed by atoms with E-state index < -0.39 is 5.97 Å². The molecular weight excluding hydrogens is 384 g/mol. The van der Waals surface area contributed by atoms with Crippen LogP contribution in [0.4, 0.5) is 0 Å². The van der Waals surface area contributed by atoms with Gasteiger partial charge >= 0.3 is 5.97 Å². The van der Waals surface area contributed by atoms with E-state index in [0.717, 1.165) is 60.6 Å². The minimum atomic E-state index is -0.882. The van der Waals surface area contributed by atoms with Gasteiger partial charge in [0.1, 0.15) is 5.82 Å². The zero-order valence-electron chi connectivity index (χ0n) is 17.0. The Morgan fingerprint density at radius 1 is 1.33 bits per heavy atom. The highest BCUT2D eigenvalue weighted by atomic mass is 16.5. The molecule has 8 heteroatoms. The van der Waals surface area contributed by atoms with Gasteiger partial charge < -0.3 is 24.7 Å². The summed E-state index contributed by atoms with van der Waals surface area (Å²) in [4.78, 5) is 30.2. The monoisotopic (exact) mass is 410 g/mol. The Bertz CT molecular complexity index is 1110. The molecule has 1 aliphatic heterocycles. The Hall–Kier alpha value is -2.97. The number of ether oxygens (including phenoxy) is 1. The molecule has 0 spiro atoms. The second kappa shape index (κ2) is 8.81. The number of hydrogen-bond donors (Lipinski definition) is 3. The van der Waals surface area contributed by atoms with Crippen LogP contribution in [-0.2, 0) is 22.6 Å². The summed E-state index contributed by atoms with van der Waals surface area (Å²) >= 11 is 0. The van der Waals surface area contributed by atoms with Crippen LogP contribution in [0, 0.1) is 12.8 Å². The first-order valence-corrected chi connectivity index (χ1v) is 10.2. The summed E-state index contributed by atoms with van der Waals surface area (Å²) < 4.78 is 7.74. The van der Waals surface area contributed by atoms with Gasteiger partial charge in [0, 0.05) is 43.6 Å². The quantitative estimate of drug-likeness (QED) is 0.551. The van der Waals surface area contributed by atoms with Gasteiger partial charge in [0.2, 0.25) is 0 Å². The van der Waals surface area contributed by atoms with Crippen molar-refractivity contribution in [3.05, 3.63) is 51.9 Å². The maximum atomic E-state index is 11.8. The molecule has 0 atom stereocenters. The highest BCUT2D eigenvalue weighted by Crippen LogP contribution is 2.28. The van der Waals surface area contributed by atoms with Gasteiger partial charge in [0.15, 0.2) is 0 Å². The number of benzene rings is 1. The zero-order valence-corrected chi connectivity index (χ0v) is 17.0. The fraction of sp³-hybridized carbons (Fsp3) is 0.409. The van der Waals surface area contributed by atoms with Crippen LogP contribution in [0.15, 0.2) is 35.3 Å². The number of aryl methyl sites for hydroxylation is 1. The van der Waals surface area contributed by atoms with Crippen LogP contribution in [0.5, 0.6) is 0 Å². The number of carboxylic acid groups (broad SMARTS) is 1. The maximum absolute atomic E-state index is 11.8. The van der Waals surface area contributed by atoms with E-state index >= 15 is 0 Å². The molecule has 158 valence electrons. The molecule has 1 aromatic carbocycles. The smallest absolute Gasteiger partial charge is 0.317 e. The van der Waals surface area contributed by atoms with Crippen molar-refractivity contribution in [2.24, 2.45) is 5.92 Å². The van der Waals surface area contributed by atoms with Gasteiger partial charge in [-0.2, -0.15) is 0 Å². The number of rotatable bonds is 7. The summed E-state index contributed by atoms with van der Waals surface area (Å²) in [5.41, 5.74) is 4.29. The predicted molar refractivity (Wildman–Crippen MR) is 113 cm³/mol. The first kappa shape index (κ1) is 20.3. The number of carboxylic acids is 1. The minimum absolute atomic E-state index is 0.0852. The predicted octanol–water partition coefficient (Wildman–Crippen LogP) is 2.30. The average molecular weight is 410 g/mol. The minimum Gasteiger partial charge on any atom is -0.480 e. The van der Waals surface area contributed by atoms with Crippen molar-refractivity contribution < 1.29 is 14.6 Å². The molecule has 0 bridgehead atoms. The summed E-state index contributed by atoms with van der Waals surface area (Å²) in [6.45, 7) is 4.57.